The van der Waals surface area contributed by atoms with Gasteiger partial charge >= 0.3 is 0 Å². The summed E-state index contributed by atoms with van der Waals surface area (Å²) in [5.74, 6) is 0. The number of fused-ring (bicyclic) bond motifs is 3. The average molecular weight is 348 g/mol. The Kier molecular flexibility index (Phi) is 2.99. The molecular formula is C19H10BrNO. The molecule has 0 bridgehead atoms. The van der Waals surface area contributed by atoms with E-state index in [2.05, 4.69) is 34.1 Å². The van der Waals surface area contributed by atoms with Crippen LogP contribution in [0.1, 0.15) is 5.56 Å². The molecule has 0 radical (unpaired) electrons. The summed E-state index contributed by atoms with van der Waals surface area (Å²) < 4.78 is 6.75. The quantitative estimate of drug-likeness (QED) is 0.430. The fourth-order valence-corrected chi connectivity index (χ4v) is 3.22. The molecule has 0 amide bonds. The van der Waals surface area contributed by atoms with Crippen molar-refractivity contribution in [3.63, 3.8) is 0 Å². The van der Waals surface area contributed by atoms with E-state index >= 15 is 0 Å². The molecule has 0 N–H and O–H groups in total. The summed E-state index contributed by atoms with van der Waals surface area (Å²) in [7, 11) is 0. The molecule has 0 aliphatic rings. The first-order chi connectivity index (χ1) is 10.7. The third-order valence-corrected chi connectivity index (χ3v) is 4.19. The zero-order chi connectivity index (χ0) is 15.1. The fraction of sp³-hybridized carbons (Fsp3) is 0. The van der Waals surface area contributed by atoms with Gasteiger partial charge in [0.15, 0.2) is 0 Å². The smallest absolute Gasteiger partial charge is 0.135 e. The highest BCUT2D eigenvalue weighted by molar-refractivity contribution is 9.10. The highest BCUT2D eigenvalue weighted by atomic mass is 79.9. The number of rotatable bonds is 1. The van der Waals surface area contributed by atoms with E-state index in [4.69, 9.17) is 9.68 Å². The summed E-state index contributed by atoms with van der Waals surface area (Å²) in [6, 6.07) is 22.1. The lowest BCUT2D eigenvalue weighted by molar-refractivity contribution is 0.669. The van der Waals surface area contributed by atoms with Gasteiger partial charge in [0.05, 0.1) is 11.6 Å². The topological polar surface area (TPSA) is 36.9 Å². The van der Waals surface area contributed by atoms with Gasteiger partial charge < -0.3 is 4.42 Å². The Hall–Kier alpha value is -2.57. The van der Waals surface area contributed by atoms with Gasteiger partial charge in [-0.1, -0.05) is 40.2 Å². The van der Waals surface area contributed by atoms with Crippen LogP contribution in [0.25, 0.3) is 33.1 Å². The van der Waals surface area contributed by atoms with Gasteiger partial charge in [0.25, 0.3) is 0 Å². The van der Waals surface area contributed by atoms with Crippen molar-refractivity contribution < 1.29 is 4.42 Å². The highest BCUT2D eigenvalue weighted by Gasteiger charge is 2.09. The molecule has 104 valence electrons. The number of para-hydroxylation sites is 1. The Morgan fingerprint density at radius 3 is 2.50 bits per heavy atom. The van der Waals surface area contributed by atoms with Gasteiger partial charge in [-0.05, 0) is 47.5 Å². The van der Waals surface area contributed by atoms with Crippen molar-refractivity contribution in [2.45, 2.75) is 0 Å². The van der Waals surface area contributed by atoms with Crippen molar-refractivity contribution >= 4 is 37.9 Å². The van der Waals surface area contributed by atoms with E-state index in [1.165, 1.54) is 0 Å². The Morgan fingerprint density at radius 1 is 0.818 bits per heavy atom. The van der Waals surface area contributed by atoms with Crippen molar-refractivity contribution in [1.29, 1.82) is 5.26 Å². The number of furan rings is 1. The molecule has 3 heteroatoms. The third kappa shape index (κ3) is 2.09. The Labute approximate surface area is 135 Å². The van der Waals surface area contributed by atoms with Gasteiger partial charge in [-0.2, -0.15) is 5.26 Å². The fourth-order valence-electron chi connectivity index (χ4n) is 2.73. The number of benzene rings is 3. The standard InChI is InChI=1S/C19H10BrNO/c20-15-8-12(11-21)7-14(9-15)13-5-6-19-17(10-13)16-3-1-2-4-18(16)22-19/h1-10H. The second-order valence-corrected chi connectivity index (χ2v) is 6.07. The van der Waals surface area contributed by atoms with Crippen LogP contribution < -0.4 is 0 Å². The SMILES string of the molecule is N#Cc1cc(Br)cc(-c2ccc3oc4ccccc4c3c2)c1. The molecule has 1 aromatic heterocycles. The second kappa shape index (κ2) is 5.01. The lowest BCUT2D eigenvalue weighted by atomic mass is 10.0. The van der Waals surface area contributed by atoms with Crippen molar-refractivity contribution in [2.24, 2.45) is 0 Å². The number of nitriles is 1. The van der Waals surface area contributed by atoms with Gasteiger partial charge in [-0.15, -0.1) is 0 Å². The summed E-state index contributed by atoms with van der Waals surface area (Å²) >= 11 is 3.46. The lowest BCUT2D eigenvalue weighted by Gasteiger charge is -2.04. The Bertz CT molecular complexity index is 1060. The first-order valence-electron chi connectivity index (χ1n) is 6.87. The predicted molar refractivity (Wildman–Crippen MR) is 91.6 cm³/mol. The molecule has 0 atom stereocenters. The molecule has 0 fully saturated rings. The van der Waals surface area contributed by atoms with Crippen molar-refractivity contribution in [2.75, 3.05) is 0 Å². The number of nitrogens with zero attached hydrogens (tertiary/aromatic N) is 1. The maximum atomic E-state index is 9.13. The summed E-state index contributed by atoms with van der Waals surface area (Å²) in [5, 5.41) is 11.3. The molecule has 0 aliphatic carbocycles. The van der Waals surface area contributed by atoms with E-state index in [0.717, 1.165) is 37.5 Å². The maximum absolute atomic E-state index is 9.13. The van der Waals surface area contributed by atoms with Crippen LogP contribution in [0.5, 0.6) is 0 Å². The van der Waals surface area contributed by atoms with Crippen LogP contribution in [0, 0.1) is 11.3 Å². The van der Waals surface area contributed by atoms with E-state index in [9.17, 15) is 0 Å². The summed E-state index contributed by atoms with van der Waals surface area (Å²) in [6.45, 7) is 0. The molecule has 4 rings (SSSR count). The van der Waals surface area contributed by atoms with E-state index in [-0.39, 0.29) is 0 Å². The molecule has 22 heavy (non-hydrogen) atoms. The van der Waals surface area contributed by atoms with Crippen molar-refractivity contribution in [3.05, 3.63) is 70.7 Å². The summed E-state index contributed by atoms with van der Waals surface area (Å²) in [6.07, 6.45) is 0. The summed E-state index contributed by atoms with van der Waals surface area (Å²) in [5.41, 5.74) is 4.48. The average Bonchev–Trinajstić information content (AvgIpc) is 2.92. The maximum Gasteiger partial charge on any atom is 0.135 e. The Balaban J connectivity index is 1.98. The van der Waals surface area contributed by atoms with Gasteiger partial charge in [-0.25, -0.2) is 0 Å². The van der Waals surface area contributed by atoms with Crippen LogP contribution in [0.3, 0.4) is 0 Å². The molecule has 4 aromatic rings. The Morgan fingerprint density at radius 2 is 1.64 bits per heavy atom. The zero-order valence-electron chi connectivity index (χ0n) is 11.5. The highest BCUT2D eigenvalue weighted by Crippen LogP contribution is 2.33. The van der Waals surface area contributed by atoms with E-state index in [0.29, 0.717) is 5.56 Å². The lowest BCUT2D eigenvalue weighted by Crippen LogP contribution is -1.81. The van der Waals surface area contributed by atoms with Gasteiger partial charge in [0.2, 0.25) is 0 Å². The second-order valence-electron chi connectivity index (χ2n) is 5.15. The molecule has 1 heterocycles. The molecular weight excluding hydrogens is 338 g/mol. The molecule has 0 unspecified atom stereocenters. The zero-order valence-corrected chi connectivity index (χ0v) is 13.1. The van der Waals surface area contributed by atoms with Gasteiger partial charge in [0.1, 0.15) is 11.2 Å². The van der Waals surface area contributed by atoms with Crippen LogP contribution in [0.15, 0.2) is 69.6 Å². The monoisotopic (exact) mass is 347 g/mol. The number of hydrogen-bond acceptors (Lipinski definition) is 2. The first-order valence-corrected chi connectivity index (χ1v) is 7.66. The summed E-state index contributed by atoms with van der Waals surface area (Å²) in [4.78, 5) is 0. The minimum absolute atomic E-state index is 0.640. The molecule has 0 saturated carbocycles. The molecule has 0 saturated heterocycles. The first kappa shape index (κ1) is 13.1. The molecule has 0 aliphatic heterocycles. The van der Waals surface area contributed by atoms with E-state index in [1.54, 1.807) is 0 Å². The molecule has 3 aromatic carbocycles. The normalized spacial score (nSPS) is 10.9. The van der Waals surface area contributed by atoms with E-state index in [1.807, 2.05) is 48.5 Å². The van der Waals surface area contributed by atoms with E-state index < -0.39 is 0 Å². The minimum Gasteiger partial charge on any atom is -0.456 e. The number of hydrogen-bond donors (Lipinski definition) is 0. The van der Waals surface area contributed by atoms with Crippen LogP contribution in [-0.4, -0.2) is 0 Å². The van der Waals surface area contributed by atoms with Crippen LogP contribution in [0.4, 0.5) is 0 Å². The van der Waals surface area contributed by atoms with Gasteiger partial charge in [0, 0.05) is 15.2 Å². The minimum atomic E-state index is 0.640. The van der Waals surface area contributed by atoms with Crippen molar-refractivity contribution in [3.8, 4) is 17.2 Å². The van der Waals surface area contributed by atoms with Crippen LogP contribution >= 0.6 is 15.9 Å². The predicted octanol–water partition coefficient (Wildman–Crippen LogP) is 5.89. The van der Waals surface area contributed by atoms with Gasteiger partial charge in [-0.3, -0.25) is 0 Å². The molecule has 2 nitrogen and oxygen atoms in total. The number of halogens is 1. The van der Waals surface area contributed by atoms with Crippen LogP contribution in [0.2, 0.25) is 0 Å². The molecule has 0 spiro atoms. The largest absolute Gasteiger partial charge is 0.456 e. The van der Waals surface area contributed by atoms with Crippen molar-refractivity contribution in [1.82, 2.24) is 0 Å². The third-order valence-electron chi connectivity index (χ3n) is 3.74. The van der Waals surface area contributed by atoms with Crippen LogP contribution in [-0.2, 0) is 0 Å².